The van der Waals surface area contributed by atoms with Crippen molar-refractivity contribution < 1.29 is 22.8 Å². The Kier molecular flexibility index (Phi) is 4.86. The van der Waals surface area contributed by atoms with Crippen LogP contribution in [0.1, 0.15) is 5.56 Å². The van der Waals surface area contributed by atoms with Crippen LogP contribution in [0.4, 0.5) is 18.9 Å². The van der Waals surface area contributed by atoms with Crippen LogP contribution >= 0.6 is 0 Å². The van der Waals surface area contributed by atoms with Crippen LogP contribution in [0.3, 0.4) is 0 Å². The van der Waals surface area contributed by atoms with Crippen molar-refractivity contribution in [3.8, 4) is 6.07 Å². The lowest BCUT2D eigenvalue weighted by atomic mass is 10.2. The van der Waals surface area contributed by atoms with Gasteiger partial charge in [0.2, 0.25) is 6.41 Å². The van der Waals surface area contributed by atoms with E-state index >= 15 is 0 Å². The van der Waals surface area contributed by atoms with Gasteiger partial charge in [0.25, 0.3) is 5.91 Å². The van der Waals surface area contributed by atoms with Crippen molar-refractivity contribution in [3.05, 3.63) is 41.6 Å². The third-order valence-corrected chi connectivity index (χ3v) is 2.13. The summed E-state index contributed by atoms with van der Waals surface area (Å²) in [5.41, 5.74) is -1.27. The molecule has 5 nitrogen and oxygen atoms in total. The van der Waals surface area contributed by atoms with Gasteiger partial charge in [-0.05, 0) is 18.2 Å². The van der Waals surface area contributed by atoms with E-state index in [1.54, 1.807) is 5.32 Å². The van der Waals surface area contributed by atoms with Crippen LogP contribution in [-0.4, -0.2) is 12.3 Å². The Hall–Kier alpha value is -2.82. The molecule has 0 saturated carbocycles. The minimum absolute atomic E-state index is 0.0477. The Bertz CT molecular complexity index is 588. The number of amides is 2. The number of hydrogen-bond acceptors (Lipinski definition) is 4. The molecule has 0 aliphatic heterocycles. The molecule has 2 N–H and O–H groups in total. The first kappa shape index (κ1) is 15.2. The molecule has 1 aromatic rings. The van der Waals surface area contributed by atoms with Crippen LogP contribution in [0.5, 0.6) is 0 Å². The molecule has 0 aliphatic rings. The molecule has 0 saturated heterocycles. The fraction of sp³-hybridized carbons (Fsp3) is 0.0833. The molecule has 1 aromatic carbocycles. The normalized spacial score (nSPS) is 11.4. The van der Waals surface area contributed by atoms with E-state index < -0.39 is 23.2 Å². The number of imide groups is 1. The molecular weight excluding hydrogens is 275 g/mol. The van der Waals surface area contributed by atoms with E-state index in [0.717, 1.165) is 18.3 Å². The van der Waals surface area contributed by atoms with E-state index in [0.29, 0.717) is 0 Å². The quantitative estimate of drug-likeness (QED) is 0.501. The highest BCUT2D eigenvalue weighted by molar-refractivity contribution is 6.02. The van der Waals surface area contributed by atoms with Gasteiger partial charge in [-0.3, -0.25) is 14.9 Å². The lowest BCUT2D eigenvalue weighted by Crippen LogP contribution is -2.23. The van der Waals surface area contributed by atoms with Gasteiger partial charge in [0.15, 0.2) is 0 Å². The van der Waals surface area contributed by atoms with Crippen LogP contribution < -0.4 is 10.6 Å². The molecule has 8 heteroatoms. The maximum Gasteiger partial charge on any atom is 0.416 e. The first-order valence-corrected chi connectivity index (χ1v) is 5.17. The van der Waals surface area contributed by atoms with E-state index in [-0.39, 0.29) is 12.1 Å². The van der Waals surface area contributed by atoms with Gasteiger partial charge in [0.05, 0.1) is 5.56 Å². The second kappa shape index (κ2) is 6.38. The Balaban J connectivity index is 2.91. The fourth-order valence-electron chi connectivity index (χ4n) is 1.22. The summed E-state index contributed by atoms with van der Waals surface area (Å²) >= 11 is 0. The maximum atomic E-state index is 12.5. The van der Waals surface area contributed by atoms with Crippen molar-refractivity contribution >= 4 is 18.0 Å². The smallest absolute Gasteiger partial charge is 0.360 e. The van der Waals surface area contributed by atoms with Crippen molar-refractivity contribution in [3.63, 3.8) is 0 Å². The Morgan fingerprint density at radius 1 is 1.35 bits per heavy atom. The molecule has 20 heavy (non-hydrogen) atoms. The lowest BCUT2D eigenvalue weighted by molar-refractivity contribution is -0.137. The van der Waals surface area contributed by atoms with Crippen LogP contribution in [-0.2, 0) is 15.8 Å². The van der Waals surface area contributed by atoms with Gasteiger partial charge in [-0.15, -0.1) is 0 Å². The van der Waals surface area contributed by atoms with Gasteiger partial charge in [-0.25, -0.2) is 0 Å². The molecule has 0 heterocycles. The van der Waals surface area contributed by atoms with Crippen molar-refractivity contribution in [2.24, 2.45) is 0 Å². The number of carbonyl (C=O) groups is 2. The summed E-state index contributed by atoms with van der Waals surface area (Å²) in [6.45, 7) is 0. The molecule has 0 fully saturated rings. The number of carbonyl (C=O) groups excluding carboxylic acids is 2. The van der Waals surface area contributed by atoms with E-state index in [1.807, 2.05) is 0 Å². The molecule has 0 aromatic heterocycles. The molecule has 0 unspecified atom stereocenters. The number of nitrogens with zero attached hydrogens (tertiary/aromatic N) is 1. The average molecular weight is 283 g/mol. The molecule has 104 valence electrons. The highest BCUT2D eigenvalue weighted by atomic mass is 19.4. The van der Waals surface area contributed by atoms with E-state index in [1.165, 1.54) is 18.2 Å². The molecule has 0 spiro atoms. The van der Waals surface area contributed by atoms with Gasteiger partial charge in [-0.2, -0.15) is 18.4 Å². The summed E-state index contributed by atoms with van der Waals surface area (Å²) < 4.78 is 37.4. The van der Waals surface area contributed by atoms with Gasteiger partial charge in [0.1, 0.15) is 11.6 Å². The molecule has 1 rings (SSSR count). The number of rotatable bonds is 4. The summed E-state index contributed by atoms with van der Waals surface area (Å²) in [5.74, 6) is -0.957. The second-order valence-corrected chi connectivity index (χ2v) is 3.48. The van der Waals surface area contributed by atoms with Gasteiger partial charge < -0.3 is 5.32 Å². The third kappa shape index (κ3) is 4.13. The second-order valence-electron chi connectivity index (χ2n) is 3.48. The predicted molar refractivity (Wildman–Crippen MR) is 63.0 cm³/mol. The first-order chi connectivity index (χ1) is 9.38. The van der Waals surface area contributed by atoms with E-state index in [2.05, 4.69) is 5.32 Å². The summed E-state index contributed by atoms with van der Waals surface area (Å²) in [7, 11) is 0. The number of hydrogen-bond donors (Lipinski definition) is 2. The summed E-state index contributed by atoms with van der Waals surface area (Å²) in [4.78, 5) is 21.2. The summed E-state index contributed by atoms with van der Waals surface area (Å²) in [6, 6.07) is 5.73. The van der Waals surface area contributed by atoms with Crippen molar-refractivity contribution in [1.29, 1.82) is 5.26 Å². The number of nitrogens with one attached hydrogen (secondary N) is 2. The zero-order valence-electron chi connectivity index (χ0n) is 9.86. The van der Waals surface area contributed by atoms with Gasteiger partial charge in [-0.1, -0.05) is 6.07 Å². The minimum atomic E-state index is -4.49. The predicted octanol–water partition coefficient (Wildman–Crippen LogP) is 1.80. The molecule has 0 atom stereocenters. The van der Waals surface area contributed by atoms with Crippen LogP contribution in [0, 0.1) is 11.3 Å². The van der Waals surface area contributed by atoms with Crippen molar-refractivity contribution in [1.82, 2.24) is 5.32 Å². The fourth-order valence-corrected chi connectivity index (χ4v) is 1.22. The minimum Gasteiger partial charge on any atom is -0.360 e. The molecular formula is C12H8F3N3O2. The molecule has 2 amide bonds. The third-order valence-electron chi connectivity index (χ3n) is 2.13. The maximum absolute atomic E-state index is 12.5. The van der Waals surface area contributed by atoms with Crippen LogP contribution in [0.15, 0.2) is 36.0 Å². The first-order valence-electron chi connectivity index (χ1n) is 5.17. The standard InChI is InChI=1S/C12H8F3N3O2/c13-12(14,15)9-2-1-3-10(4-9)17-6-8(5-16)11(20)18-7-19/h1-4,6-7,17H,(H,18,19,20)/b8-6-. The van der Waals surface area contributed by atoms with Crippen LogP contribution in [0.25, 0.3) is 0 Å². The van der Waals surface area contributed by atoms with E-state index in [9.17, 15) is 22.8 Å². The lowest BCUT2D eigenvalue weighted by Gasteiger charge is -2.08. The molecule has 0 bridgehead atoms. The summed E-state index contributed by atoms with van der Waals surface area (Å²) in [6.07, 6.45) is -3.49. The number of halogens is 3. The number of benzene rings is 1. The monoisotopic (exact) mass is 283 g/mol. The summed E-state index contributed by atoms with van der Waals surface area (Å²) in [5, 5.41) is 12.8. The highest BCUT2D eigenvalue weighted by Gasteiger charge is 2.30. The number of anilines is 1. The topological polar surface area (TPSA) is 82.0 Å². The van der Waals surface area contributed by atoms with E-state index in [4.69, 9.17) is 5.26 Å². The Morgan fingerprint density at radius 2 is 2.05 bits per heavy atom. The highest BCUT2D eigenvalue weighted by Crippen LogP contribution is 2.30. The largest absolute Gasteiger partial charge is 0.416 e. The van der Waals surface area contributed by atoms with Crippen molar-refractivity contribution in [2.45, 2.75) is 6.18 Å². The molecule has 0 aliphatic carbocycles. The molecule has 0 radical (unpaired) electrons. The zero-order valence-corrected chi connectivity index (χ0v) is 9.86. The van der Waals surface area contributed by atoms with Gasteiger partial charge in [0, 0.05) is 11.9 Å². The SMILES string of the molecule is N#C/C(=C/Nc1cccc(C(F)(F)F)c1)C(=O)NC=O. The average Bonchev–Trinajstić information content (AvgIpc) is 2.39. The van der Waals surface area contributed by atoms with Crippen LogP contribution in [0.2, 0.25) is 0 Å². The van der Waals surface area contributed by atoms with Gasteiger partial charge >= 0.3 is 6.18 Å². The Morgan fingerprint density at radius 3 is 2.60 bits per heavy atom. The zero-order chi connectivity index (χ0) is 15.2. The Labute approximate surface area is 111 Å². The number of alkyl halides is 3. The number of nitriles is 1. The van der Waals surface area contributed by atoms with Crippen molar-refractivity contribution in [2.75, 3.05) is 5.32 Å².